The third kappa shape index (κ3) is 4.23. The highest BCUT2D eigenvalue weighted by molar-refractivity contribution is 6.33. The van der Waals surface area contributed by atoms with Crippen molar-refractivity contribution < 1.29 is 4.79 Å². The van der Waals surface area contributed by atoms with Gasteiger partial charge in [-0.15, -0.1) is 0 Å². The van der Waals surface area contributed by atoms with Crippen LogP contribution < -0.4 is 9.80 Å². The van der Waals surface area contributed by atoms with Gasteiger partial charge in [-0.1, -0.05) is 48.0 Å². The van der Waals surface area contributed by atoms with Crippen molar-refractivity contribution in [3.05, 3.63) is 89.2 Å². The van der Waals surface area contributed by atoms with Crippen molar-refractivity contribution in [1.29, 1.82) is 0 Å². The quantitative estimate of drug-likeness (QED) is 0.377. The SMILES string of the molecule is CN1CCN(c2cc3c(cc2Cl)CCN3C(=O)Cc2cccc3c(-c4ccncc4)cccc23)CC1. The monoisotopic (exact) mass is 496 g/mol. The first-order valence-electron chi connectivity index (χ1n) is 12.6. The Kier molecular flexibility index (Phi) is 6.12. The number of likely N-dealkylation sites (N-methyl/N-ethyl adjacent to an activating group) is 1. The van der Waals surface area contributed by atoms with E-state index in [-0.39, 0.29) is 5.91 Å². The van der Waals surface area contributed by atoms with Gasteiger partial charge in [0.05, 0.1) is 17.1 Å². The van der Waals surface area contributed by atoms with Crippen molar-refractivity contribution in [2.24, 2.45) is 0 Å². The first kappa shape index (κ1) is 23.0. The van der Waals surface area contributed by atoms with E-state index in [1.807, 2.05) is 29.4 Å². The molecule has 0 aliphatic carbocycles. The highest BCUT2D eigenvalue weighted by Gasteiger charge is 2.28. The first-order valence-corrected chi connectivity index (χ1v) is 12.9. The van der Waals surface area contributed by atoms with E-state index >= 15 is 0 Å². The molecule has 1 aromatic heterocycles. The van der Waals surface area contributed by atoms with Crippen LogP contribution in [0.4, 0.5) is 11.4 Å². The topological polar surface area (TPSA) is 39.7 Å². The van der Waals surface area contributed by atoms with E-state index in [4.69, 9.17) is 11.6 Å². The molecule has 4 aromatic rings. The van der Waals surface area contributed by atoms with E-state index in [1.54, 1.807) is 0 Å². The maximum Gasteiger partial charge on any atom is 0.231 e. The van der Waals surface area contributed by atoms with E-state index in [9.17, 15) is 4.79 Å². The van der Waals surface area contributed by atoms with Gasteiger partial charge in [0, 0.05) is 50.8 Å². The van der Waals surface area contributed by atoms with E-state index < -0.39 is 0 Å². The molecule has 0 bridgehead atoms. The van der Waals surface area contributed by atoms with Gasteiger partial charge in [0.15, 0.2) is 0 Å². The summed E-state index contributed by atoms with van der Waals surface area (Å²) < 4.78 is 0. The number of aromatic nitrogens is 1. The fraction of sp³-hybridized carbons (Fsp3) is 0.267. The second kappa shape index (κ2) is 9.57. The maximum atomic E-state index is 13.7. The average Bonchev–Trinajstić information content (AvgIpc) is 3.32. The predicted molar refractivity (Wildman–Crippen MR) is 148 cm³/mol. The van der Waals surface area contributed by atoms with Gasteiger partial charge in [-0.25, -0.2) is 0 Å². The maximum absolute atomic E-state index is 13.7. The van der Waals surface area contributed by atoms with Crippen LogP contribution >= 0.6 is 11.6 Å². The third-order valence-corrected chi connectivity index (χ3v) is 7.84. The van der Waals surface area contributed by atoms with E-state index in [2.05, 4.69) is 70.4 Å². The molecule has 0 spiro atoms. The molecule has 3 heterocycles. The Hall–Kier alpha value is -3.41. The largest absolute Gasteiger partial charge is 0.368 e. The van der Waals surface area contributed by atoms with Crippen molar-refractivity contribution in [2.45, 2.75) is 12.8 Å². The summed E-state index contributed by atoms with van der Waals surface area (Å²) in [7, 11) is 2.15. The average molecular weight is 497 g/mol. The van der Waals surface area contributed by atoms with Gasteiger partial charge >= 0.3 is 0 Å². The fourth-order valence-corrected chi connectivity index (χ4v) is 5.82. The molecule has 2 aliphatic heterocycles. The van der Waals surface area contributed by atoms with Crippen molar-refractivity contribution in [2.75, 3.05) is 49.6 Å². The summed E-state index contributed by atoms with van der Waals surface area (Å²) in [6.07, 6.45) is 4.83. The van der Waals surface area contributed by atoms with Crippen molar-refractivity contribution >= 4 is 39.7 Å². The summed E-state index contributed by atoms with van der Waals surface area (Å²) in [5.74, 6) is 0.127. The highest BCUT2D eigenvalue weighted by Crippen LogP contribution is 2.38. The van der Waals surface area contributed by atoms with E-state index in [1.165, 1.54) is 0 Å². The van der Waals surface area contributed by atoms with E-state index in [0.29, 0.717) is 13.0 Å². The molecule has 0 saturated carbocycles. The number of rotatable bonds is 4. The Labute approximate surface area is 216 Å². The summed E-state index contributed by atoms with van der Waals surface area (Å²) in [5, 5.41) is 3.05. The molecule has 1 amide bonds. The number of hydrogen-bond acceptors (Lipinski definition) is 4. The number of carbonyl (C=O) groups excluding carboxylic acids is 1. The minimum atomic E-state index is 0.127. The smallest absolute Gasteiger partial charge is 0.231 e. The molecule has 36 heavy (non-hydrogen) atoms. The van der Waals surface area contributed by atoms with Gasteiger partial charge in [-0.05, 0) is 70.8 Å². The van der Waals surface area contributed by atoms with Crippen molar-refractivity contribution in [3.8, 4) is 11.1 Å². The summed E-state index contributed by atoms with van der Waals surface area (Å²) in [4.78, 5) is 24.4. The van der Waals surface area contributed by atoms with Crippen LogP contribution in [0.5, 0.6) is 0 Å². The number of piperazine rings is 1. The lowest BCUT2D eigenvalue weighted by molar-refractivity contribution is -0.117. The van der Waals surface area contributed by atoms with Gasteiger partial charge in [0.25, 0.3) is 0 Å². The minimum Gasteiger partial charge on any atom is -0.368 e. The Morgan fingerprint density at radius 2 is 1.64 bits per heavy atom. The lowest BCUT2D eigenvalue weighted by Crippen LogP contribution is -2.44. The lowest BCUT2D eigenvalue weighted by Gasteiger charge is -2.35. The Morgan fingerprint density at radius 3 is 2.44 bits per heavy atom. The minimum absolute atomic E-state index is 0.127. The molecule has 1 fully saturated rings. The number of pyridine rings is 1. The van der Waals surface area contributed by atoms with E-state index in [0.717, 1.165) is 82.0 Å². The Balaban J connectivity index is 1.30. The van der Waals surface area contributed by atoms with Crippen LogP contribution in [0.2, 0.25) is 5.02 Å². The zero-order valence-electron chi connectivity index (χ0n) is 20.5. The summed E-state index contributed by atoms with van der Waals surface area (Å²) >= 11 is 6.70. The summed E-state index contributed by atoms with van der Waals surface area (Å²) in [5.41, 5.74) is 6.54. The van der Waals surface area contributed by atoms with Crippen LogP contribution in [-0.2, 0) is 17.6 Å². The summed E-state index contributed by atoms with van der Waals surface area (Å²) in [6.45, 7) is 4.61. The van der Waals surface area contributed by atoms with Crippen LogP contribution in [-0.4, -0.2) is 55.6 Å². The number of benzene rings is 3. The van der Waals surface area contributed by atoms with Gasteiger partial charge in [-0.3, -0.25) is 9.78 Å². The van der Waals surface area contributed by atoms with Gasteiger partial charge in [-0.2, -0.15) is 0 Å². The molecule has 6 rings (SSSR count). The number of nitrogens with zero attached hydrogens (tertiary/aromatic N) is 4. The molecule has 182 valence electrons. The van der Waals surface area contributed by atoms with Crippen LogP contribution in [0.3, 0.4) is 0 Å². The molecule has 3 aromatic carbocycles. The van der Waals surface area contributed by atoms with Gasteiger partial charge in [0.1, 0.15) is 0 Å². The molecule has 5 nitrogen and oxygen atoms in total. The predicted octanol–water partition coefficient (Wildman–Crippen LogP) is 5.44. The number of amides is 1. The lowest BCUT2D eigenvalue weighted by atomic mass is 9.95. The Bertz CT molecular complexity index is 1430. The molecule has 0 N–H and O–H groups in total. The number of carbonyl (C=O) groups is 1. The number of anilines is 2. The molecule has 1 saturated heterocycles. The van der Waals surface area contributed by atoms with Crippen LogP contribution in [0.1, 0.15) is 11.1 Å². The normalized spacial score (nSPS) is 15.9. The number of hydrogen-bond donors (Lipinski definition) is 0. The second-order valence-electron chi connectivity index (χ2n) is 9.75. The molecule has 0 atom stereocenters. The van der Waals surface area contributed by atoms with Crippen LogP contribution in [0.25, 0.3) is 21.9 Å². The molecule has 0 radical (unpaired) electrons. The van der Waals surface area contributed by atoms with Crippen LogP contribution in [0.15, 0.2) is 73.1 Å². The highest BCUT2D eigenvalue weighted by atomic mass is 35.5. The number of halogens is 1. The molecular formula is C30H29ClN4O. The third-order valence-electron chi connectivity index (χ3n) is 7.53. The zero-order chi connectivity index (χ0) is 24.6. The number of fused-ring (bicyclic) bond motifs is 2. The van der Waals surface area contributed by atoms with Gasteiger partial charge in [0.2, 0.25) is 5.91 Å². The van der Waals surface area contributed by atoms with Crippen molar-refractivity contribution in [1.82, 2.24) is 9.88 Å². The molecule has 0 unspecified atom stereocenters. The molecule has 6 heteroatoms. The van der Waals surface area contributed by atoms with Gasteiger partial charge < -0.3 is 14.7 Å². The molecule has 2 aliphatic rings. The first-order chi connectivity index (χ1) is 17.6. The standard InChI is InChI=1S/C30H29ClN4O/c1-33-14-16-34(17-15-33)29-20-28-23(18-27(29)31)10-13-35(28)30(36)19-22-4-2-7-26-24(5-3-6-25(22)26)21-8-11-32-12-9-21/h2-9,11-12,18,20H,10,13-17,19H2,1H3. The second-order valence-corrected chi connectivity index (χ2v) is 10.2. The summed E-state index contributed by atoms with van der Waals surface area (Å²) in [6, 6.07) is 20.8. The Morgan fingerprint density at radius 1 is 0.889 bits per heavy atom. The zero-order valence-corrected chi connectivity index (χ0v) is 21.2. The van der Waals surface area contributed by atoms with Crippen LogP contribution in [0, 0.1) is 0 Å². The fourth-order valence-electron chi connectivity index (χ4n) is 5.52. The van der Waals surface area contributed by atoms with Crippen molar-refractivity contribution in [3.63, 3.8) is 0 Å². The molecular weight excluding hydrogens is 468 g/mol.